The van der Waals surface area contributed by atoms with Crippen molar-refractivity contribution >= 4 is 33.6 Å². The number of halogens is 3. The quantitative estimate of drug-likeness (QED) is 0.261. The predicted octanol–water partition coefficient (Wildman–Crippen LogP) is 4.95. The molecule has 2 aliphatic carbocycles. The molecule has 0 aliphatic heterocycles. The number of rotatable bonds is 9. The van der Waals surface area contributed by atoms with Gasteiger partial charge in [0, 0.05) is 17.3 Å². The molecule has 4 atom stereocenters. The molecule has 43 heavy (non-hydrogen) atoms. The first kappa shape index (κ1) is 30.0. The molecule has 2 bridgehead atoms. The van der Waals surface area contributed by atoms with Gasteiger partial charge in [-0.1, -0.05) is 48.6 Å². The molecular weight excluding hydrogens is 585 g/mol. The Bertz CT molecular complexity index is 1720. The summed E-state index contributed by atoms with van der Waals surface area (Å²) in [4.78, 5) is 37.5. The number of anilines is 1. The lowest BCUT2D eigenvalue weighted by molar-refractivity contribution is -0.121. The van der Waals surface area contributed by atoms with Crippen LogP contribution in [0.25, 0.3) is 0 Å². The first-order valence-electron chi connectivity index (χ1n) is 13.3. The van der Waals surface area contributed by atoms with Crippen molar-refractivity contribution in [3.8, 4) is 5.75 Å². The molecule has 3 aromatic rings. The molecule has 2 aliphatic rings. The van der Waals surface area contributed by atoms with E-state index in [2.05, 4.69) is 10.6 Å². The van der Waals surface area contributed by atoms with Crippen LogP contribution in [-0.4, -0.2) is 45.2 Å². The monoisotopic (exact) mass is 612 g/mol. The van der Waals surface area contributed by atoms with Gasteiger partial charge >= 0.3 is 5.51 Å². The first-order chi connectivity index (χ1) is 20.4. The maximum Gasteiger partial charge on any atom is 0.501 e. The highest BCUT2D eigenvalue weighted by Gasteiger charge is 2.49. The van der Waals surface area contributed by atoms with Crippen LogP contribution in [0.5, 0.6) is 5.75 Å². The normalized spacial score (nSPS) is 20.9. The molecule has 0 heterocycles. The smallest absolute Gasteiger partial charge is 0.496 e. The Labute approximate surface area is 245 Å². The Morgan fingerprint density at radius 3 is 2.47 bits per heavy atom. The lowest BCUT2D eigenvalue weighted by atomic mass is 9.87. The summed E-state index contributed by atoms with van der Waals surface area (Å²) in [6, 6.07) is 15.6. The van der Waals surface area contributed by atoms with E-state index in [0.29, 0.717) is 24.2 Å². The average Bonchev–Trinajstić information content (AvgIpc) is 3.59. The van der Waals surface area contributed by atoms with Crippen LogP contribution in [0, 0.1) is 17.8 Å². The van der Waals surface area contributed by atoms with Crippen LogP contribution in [0.1, 0.15) is 38.3 Å². The highest BCUT2D eigenvalue weighted by molar-refractivity contribution is 7.92. The zero-order chi connectivity index (χ0) is 30.9. The van der Waals surface area contributed by atoms with Crippen molar-refractivity contribution < 1.29 is 40.7 Å². The van der Waals surface area contributed by atoms with E-state index in [1.807, 2.05) is 24.3 Å². The number of benzene rings is 3. The molecule has 0 radical (unpaired) electrons. The molecular formula is C31H27F3N2O6S. The second kappa shape index (κ2) is 11.7. The number of allylic oxidation sites excluding steroid dienone is 1. The molecule has 0 aromatic heterocycles. The van der Waals surface area contributed by atoms with Crippen LogP contribution in [-0.2, 0) is 21.1 Å². The summed E-state index contributed by atoms with van der Waals surface area (Å²) in [6.45, 7) is 0. The van der Waals surface area contributed by atoms with Crippen molar-refractivity contribution in [1.82, 2.24) is 5.32 Å². The topological polar surface area (TPSA) is 119 Å². The molecule has 224 valence electrons. The molecule has 1 saturated carbocycles. The number of alkyl halides is 3. The van der Waals surface area contributed by atoms with Crippen LogP contribution >= 0.6 is 0 Å². The average molecular weight is 613 g/mol. The Kier molecular flexibility index (Phi) is 8.15. The van der Waals surface area contributed by atoms with Crippen LogP contribution in [0.4, 0.5) is 18.9 Å². The number of methoxy groups -OCH3 is 1. The van der Waals surface area contributed by atoms with E-state index in [1.54, 1.807) is 30.3 Å². The molecule has 2 amide bonds. The zero-order valence-corrected chi connectivity index (χ0v) is 23.6. The van der Waals surface area contributed by atoms with Crippen molar-refractivity contribution in [2.24, 2.45) is 17.8 Å². The molecule has 0 saturated heterocycles. The maximum absolute atomic E-state index is 13.6. The number of carbonyl (C=O) groups is 3. The SMILES string of the molecule is COc1ccc(Cc2ccccc2C=O)cc1C(=O)N[C@@H]1[C@H](C(=O)Nc2cccc(S(=O)(=O)C(F)(F)F)c2)[C@H]2C=C[C@@H]1C2. The van der Waals surface area contributed by atoms with Gasteiger partial charge in [-0.2, -0.15) is 13.2 Å². The number of ether oxygens (including phenoxy) is 1. The number of hydrogen-bond donors (Lipinski definition) is 2. The first-order valence-corrected chi connectivity index (χ1v) is 14.8. The number of amides is 2. The van der Waals surface area contributed by atoms with Gasteiger partial charge in [-0.15, -0.1) is 0 Å². The molecule has 12 heteroatoms. The van der Waals surface area contributed by atoms with Crippen LogP contribution < -0.4 is 15.4 Å². The molecule has 8 nitrogen and oxygen atoms in total. The van der Waals surface area contributed by atoms with Gasteiger partial charge in [0.15, 0.2) is 0 Å². The van der Waals surface area contributed by atoms with Crippen molar-refractivity contribution in [3.05, 3.63) is 101 Å². The second-order valence-electron chi connectivity index (χ2n) is 10.5. The van der Waals surface area contributed by atoms with Crippen molar-refractivity contribution in [3.63, 3.8) is 0 Å². The molecule has 0 spiro atoms. The standard InChI is InChI=1S/C31H27F3N2O6S/c1-42-26-12-9-18(13-19-5-2-3-6-22(19)17-37)14-25(26)29(38)36-28-21-11-10-20(15-21)27(28)30(39)35-23-7-4-8-24(16-23)43(40,41)31(32,33)34/h2-12,14,16-17,20-21,27-28H,13,15H2,1H3,(H,35,39)(H,36,38)/t20-,21+,27+,28-/m0/s1. The third kappa shape index (κ3) is 5.92. The van der Waals surface area contributed by atoms with E-state index in [9.17, 15) is 36.0 Å². The summed E-state index contributed by atoms with van der Waals surface area (Å²) in [5.74, 6) is -1.87. The molecule has 0 unspecified atom stereocenters. The lowest BCUT2D eigenvalue weighted by Gasteiger charge is -2.28. The maximum atomic E-state index is 13.6. The Hall–Kier alpha value is -4.45. The van der Waals surface area contributed by atoms with Gasteiger partial charge in [0.25, 0.3) is 15.7 Å². The highest BCUT2D eigenvalue weighted by Crippen LogP contribution is 2.44. The third-order valence-corrected chi connectivity index (χ3v) is 9.35. The summed E-state index contributed by atoms with van der Waals surface area (Å²) in [5, 5.41) is 5.49. The van der Waals surface area contributed by atoms with E-state index >= 15 is 0 Å². The van der Waals surface area contributed by atoms with E-state index in [-0.39, 0.29) is 23.1 Å². The molecule has 5 rings (SSSR count). The van der Waals surface area contributed by atoms with E-state index in [1.165, 1.54) is 13.2 Å². The largest absolute Gasteiger partial charge is 0.501 e. The summed E-state index contributed by atoms with van der Waals surface area (Å²) in [5.41, 5.74) is -3.28. The van der Waals surface area contributed by atoms with Crippen LogP contribution in [0.2, 0.25) is 0 Å². The lowest BCUT2D eigenvalue weighted by Crippen LogP contribution is -2.47. The number of hydrogen-bond acceptors (Lipinski definition) is 6. The zero-order valence-electron chi connectivity index (χ0n) is 22.8. The number of sulfone groups is 1. The second-order valence-corrected chi connectivity index (χ2v) is 12.4. The summed E-state index contributed by atoms with van der Waals surface area (Å²) >= 11 is 0. The van der Waals surface area contributed by atoms with Gasteiger partial charge in [0.1, 0.15) is 12.0 Å². The number of fused-ring (bicyclic) bond motifs is 2. The van der Waals surface area contributed by atoms with Crippen LogP contribution in [0.3, 0.4) is 0 Å². The number of nitrogens with one attached hydrogen (secondary N) is 2. The van der Waals surface area contributed by atoms with Crippen molar-refractivity contribution in [1.29, 1.82) is 0 Å². The van der Waals surface area contributed by atoms with Gasteiger partial charge < -0.3 is 15.4 Å². The van der Waals surface area contributed by atoms with E-state index < -0.39 is 44.0 Å². The molecule has 1 fully saturated rings. The summed E-state index contributed by atoms with van der Waals surface area (Å²) in [6.07, 6.45) is 5.54. The van der Waals surface area contributed by atoms with E-state index in [0.717, 1.165) is 35.6 Å². The van der Waals surface area contributed by atoms with Gasteiger partial charge in [-0.05, 0) is 66.1 Å². The Balaban J connectivity index is 1.36. The number of carbonyl (C=O) groups excluding carboxylic acids is 3. The molecule has 3 aromatic carbocycles. The minimum atomic E-state index is -5.60. The van der Waals surface area contributed by atoms with Gasteiger partial charge in [-0.25, -0.2) is 8.42 Å². The summed E-state index contributed by atoms with van der Waals surface area (Å²) < 4.78 is 68.3. The fourth-order valence-electron chi connectivity index (χ4n) is 5.78. The fraction of sp³-hybridized carbons (Fsp3) is 0.258. The van der Waals surface area contributed by atoms with Crippen molar-refractivity contribution in [2.75, 3.05) is 12.4 Å². The fourth-order valence-corrected chi connectivity index (χ4v) is 6.59. The predicted molar refractivity (Wildman–Crippen MR) is 151 cm³/mol. The summed E-state index contributed by atoms with van der Waals surface area (Å²) in [7, 11) is -4.17. The van der Waals surface area contributed by atoms with Gasteiger partial charge in [-0.3, -0.25) is 14.4 Å². The Morgan fingerprint density at radius 1 is 1.00 bits per heavy atom. The number of aldehydes is 1. The van der Waals surface area contributed by atoms with Crippen LogP contribution in [0.15, 0.2) is 83.8 Å². The third-order valence-electron chi connectivity index (χ3n) is 7.86. The van der Waals surface area contributed by atoms with Gasteiger partial charge in [0.05, 0.1) is 23.5 Å². The van der Waals surface area contributed by atoms with Gasteiger partial charge in [0.2, 0.25) is 5.91 Å². The Morgan fingerprint density at radius 2 is 1.74 bits per heavy atom. The van der Waals surface area contributed by atoms with E-state index in [4.69, 9.17) is 4.74 Å². The van der Waals surface area contributed by atoms with Crippen molar-refractivity contribution in [2.45, 2.75) is 29.3 Å². The molecule has 2 N–H and O–H groups in total. The minimum Gasteiger partial charge on any atom is -0.496 e. The highest BCUT2D eigenvalue weighted by atomic mass is 32.2. The minimum absolute atomic E-state index is 0.114.